The maximum atomic E-state index is 11.0. The topological polar surface area (TPSA) is 66.4 Å². The molecule has 4 nitrogen and oxygen atoms in total. The monoisotopic (exact) mass is 227 g/mol. The van der Waals surface area contributed by atoms with Crippen LogP contribution in [0.25, 0.3) is 0 Å². The normalized spacial score (nSPS) is 10.6. The number of carbonyl (C=O) groups is 2. The Bertz CT molecular complexity index is 236. The molecule has 0 radical (unpaired) electrons. The van der Waals surface area contributed by atoms with E-state index in [0.717, 1.165) is 25.0 Å². The average Bonchev–Trinajstić information content (AvgIpc) is 2.25. The average molecular weight is 227 g/mol. The fourth-order valence-corrected chi connectivity index (χ4v) is 1.32. The number of aliphatic carboxylic acids is 1. The SMILES string of the molecule is CCCCCCCCNC(=O)/C=C/C(=O)O. The van der Waals surface area contributed by atoms with Gasteiger partial charge in [0.25, 0.3) is 0 Å². The Balaban J connectivity index is 3.31. The van der Waals surface area contributed by atoms with E-state index in [1.54, 1.807) is 0 Å². The molecule has 0 fully saturated rings. The maximum Gasteiger partial charge on any atom is 0.328 e. The summed E-state index contributed by atoms with van der Waals surface area (Å²) in [4.78, 5) is 21.1. The van der Waals surface area contributed by atoms with E-state index >= 15 is 0 Å². The van der Waals surface area contributed by atoms with Crippen molar-refractivity contribution >= 4 is 11.9 Å². The van der Waals surface area contributed by atoms with Gasteiger partial charge in [-0.05, 0) is 6.42 Å². The van der Waals surface area contributed by atoms with Crippen molar-refractivity contribution in [1.82, 2.24) is 5.32 Å². The molecule has 0 atom stereocenters. The predicted octanol–water partition coefficient (Wildman–Crippen LogP) is 2.10. The molecule has 0 aliphatic rings. The van der Waals surface area contributed by atoms with Crippen molar-refractivity contribution < 1.29 is 14.7 Å². The highest BCUT2D eigenvalue weighted by Gasteiger charge is 1.96. The summed E-state index contributed by atoms with van der Waals surface area (Å²) in [5, 5.41) is 10.9. The number of hydrogen-bond acceptors (Lipinski definition) is 2. The summed E-state index contributed by atoms with van der Waals surface area (Å²) in [6.07, 6.45) is 8.91. The van der Waals surface area contributed by atoms with Crippen molar-refractivity contribution in [3.8, 4) is 0 Å². The lowest BCUT2D eigenvalue weighted by atomic mass is 10.1. The van der Waals surface area contributed by atoms with Crippen LogP contribution in [0.4, 0.5) is 0 Å². The minimum Gasteiger partial charge on any atom is -0.478 e. The van der Waals surface area contributed by atoms with Crippen LogP contribution in [0, 0.1) is 0 Å². The Morgan fingerprint density at radius 2 is 1.69 bits per heavy atom. The fourth-order valence-electron chi connectivity index (χ4n) is 1.32. The number of carbonyl (C=O) groups excluding carboxylic acids is 1. The summed E-state index contributed by atoms with van der Waals surface area (Å²) in [5.41, 5.74) is 0. The van der Waals surface area contributed by atoms with Gasteiger partial charge in [-0.25, -0.2) is 4.79 Å². The third-order valence-corrected chi connectivity index (χ3v) is 2.21. The molecule has 0 aromatic heterocycles. The van der Waals surface area contributed by atoms with E-state index in [1.165, 1.54) is 25.7 Å². The van der Waals surface area contributed by atoms with E-state index in [-0.39, 0.29) is 5.91 Å². The summed E-state index contributed by atoms with van der Waals surface area (Å²) < 4.78 is 0. The Hall–Kier alpha value is -1.32. The van der Waals surface area contributed by atoms with Crippen molar-refractivity contribution in [2.24, 2.45) is 0 Å². The summed E-state index contributed by atoms with van der Waals surface area (Å²) in [6, 6.07) is 0. The highest BCUT2D eigenvalue weighted by Crippen LogP contribution is 2.03. The van der Waals surface area contributed by atoms with E-state index in [9.17, 15) is 9.59 Å². The van der Waals surface area contributed by atoms with E-state index in [0.29, 0.717) is 6.54 Å². The zero-order valence-corrected chi connectivity index (χ0v) is 9.87. The van der Waals surface area contributed by atoms with Crippen molar-refractivity contribution in [3.05, 3.63) is 12.2 Å². The van der Waals surface area contributed by atoms with Crippen LogP contribution in [-0.2, 0) is 9.59 Å². The number of carboxylic acids is 1. The first-order chi connectivity index (χ1) is 7.66. The minimum atomic E-state index is -1.10. The summed E-state index contributed by atoms with van der Waals surface area (Å²) in [7, 11) is 0. The zero-order valence-electron chi connectivity index (χ0n) is 9.87. The number of unbranched alkanes of at least 4 members (excludes halogenated alkanes) is 5. The third kappa shape index (κ3) is 10.8. The standard InChI is InChI=1S/C12H21NO3/c1-2-3-4-5-6-7-10-13-11(14)8-9-12(15)16/h8-9H,2-7,10H2,1H3,(H,13,14)(H,15,16)/b9-8+. The molecule has 1 amide bonds. The van der Waals surface area contributed by atoms with E-state index in [2.05, 4.69) is 12.2 Å². The summed E-state index contributed by atoms with van der Waals surface area (Å²) >= 11 is 0. The van der Waals surface area contributed by atoms with Crippen LogP contribution < -0.4 is 5.32 Å². The maximum absolute atomic E-state index is 11.0. The molecule has 0 saturated carbocycles. The van der Waals surface area contributed by atoms with Crippen molar-refractivity contribution in [3.63, 3.8) is 0 Å². The predicted molar refractivity (Wildman–Crippen MR) is 63.2 cm³/mol. The molecule has 0 aromatic carbocycles. The van der Waals surface area contributed by atoms with Crippen molar-refractivity contribution in [2.75, 3.05) is 6.54 Å². The van der Waals surface area contributed by atoms with Crippen LogP contribution in [0.2, 0.25) is 0 Å². The Morgan fingerprint density at radius 1 is 1.06 bits per heavy atom. The number of nitrogens with one attached hydrogen (secondary N) is 1. The molecule has 0 heterocycles. The second-order valence-electron chi connectivity index (χ2n) is 3.73. The molecule has 0 aliphatic heterocycles. The largest absolute Gasteiger partial charge is 0.478 e. The first-order valence-electron chi connectivity index (χ1n) is 5.85. The molecule has 0 aliphatic carbocycles. The van der Waals surface area contributed by atoms with Gasteiger partial charge in [0.1, 0.15) is 0 Å². The van der Waals surface area contributed by atoms with Crippen molar-refractivity contribution in [1.29, 1.82) is 0 Å². The van der Waals surface area contributed by atoms with Crippen LogP contribution >= 0.6 is 0 Å². The molecule has 2 N–H and O–H groups in total. The number of rotatable bonds is 9. The molecule has 0 rings (SSSR count). The quantitative estimate of drug-likeness (QED) is 0.468. The lowest BCUT2D eigenvalue weighted by Crippen LogP contribution is -2.22. The smallest absolute Gasteiger partial charge is 0.328 e. The van der Waals surface area contributed by atoms with Gasteiger partial charge in [-0.1, -0.05) is 39.0 Å². The van der Waals surface area contributed by atoms with Crippen LogP contribution in [0.1, 0.15) is 45.4 Å². The van der Waals surface area contributed by atoms with Gasteiger partial charge in [0, 0.05) is 18.7 Å². The highest BCUT2D eigenvalue weighted by atomic mass is 16.4. The van der Waals surface area contributed by atoms with Crippen LogP contribution in [0.5, 0.6) is 0 Å². The highest BCUT2D eigenvalue weighted by molar-refractivity contribution is 5.93. The summed E-state index contributed by atoms with van der Waals surface area (Å²) in [5.74, 6) is -1.44. The second kappa shape index (κ2) is 10.2. The van der Waals surface area contributed by atoms with Crippen LogP contribution in [0.3, 0.4) is 0 Å². The molecule has 0 bridgehead atoms. The number of amides is 1. The molecule has 92 valence electrons. The third-order valence-electron chi connectivity index (χ3n) is 2.21. The number of carboxylic acid groups (broad SMARTS) is 1. The van der Waals surface area contributed by atoms with E-state index in [1.807, 2.05) is 0 Å². The second-order valence-corrected chi connectivity index (χ2v) is 3.73. The molecule has 4 heteroatoms. The first-order valence-corrected chi connectivity index (χ1v) is 5.85. The minimum absolute atomic E-state index is 0.337. The van der Waals surface area contributed by atoms with Gasteiger partial charge in [-0.15, -0.1) is 0 Å². The Labute approximate surface area is 96.7 Å². The Morgan fingerprint density at radius 3 is 2.31 bits per heavy atom. The van der Waals surface area contributed by atoms with Crippen molar-refractivity contribution in [2.45, 2.75) is 45.4 Å². The van der Waals surface area contributed by atoms with E-state index in [4.69, 9.17) is 5.11 Å². The van der Waals surface area contributed by atoms with Gasteiger partial charge in [0.2, 0.25) is 5.91 Å². The first kappa shape index (κ1) is 14.7. The molecule has 0 saturated heterocycles. The molecule has 0 aromatic rings. The van der Waals surface area contributed by atoms with Crippen LogP contribution in [-0.4, -0.2) is 23.5 Å². The van der Waals surface area contributed by atoms with Gasteiger partial charge >= 0.3 is 5.97 Å². The van der Waals surface area contributed by atoms with Gasteiger partial charge in [-0.3, -0.25) is 4.79 Å². The van der Waals surface area contributed by atoms with Gasteiger partial charge in [0.05, 0.1) is 0 Å². The molecular formula is C12H21NO3. The molecule has 0 unspecified atom stereocenters. The molecular weight excluding hydrogens is 206 g/mol. The van der Waals surface area contributed by atoms with Gasteiger partial charge in [-0.2, -0.15) is 0 Å². The van der Waals surface area contributed by atoms with E-state index < -0.39 is 5.97 Å². The summed E-state index contributed by atoms with van der Waals surface area (Å²) in [6.45, 7) is 2.80. The van der Waals surface area contributed by atoms with Crippen LogP contribution in [0.15, 0.2) is 12.2 Å². The van der Waals surface area contributed by atoms with Gasteiger partial charge in [0.15, 0.2) is 0 Å². The lowest BCUT2D eigenvalue weighted by Gasteiger charge is -2.01. The lowest BCUT2D eigenvalue weighted by molar-refractivity contribution is -0.131. The molecule has 16 heavy (non-hydrogen) atoms. The fraction of sp³-hybridized carbons (Fsp3) is 0.667. The molecule has 0 spiro atoms. The zero-order chi connectivity index (χ0) is 12.2. The Kier molecular flexibility index (Phi) is 9.36. The number of hydrogen-bond donors (Lipinski definition) is 2. The van der Waals surface area contributed by atoms with Gasteiger partial charge < -0.3 is 10.4 Å².